The monoisotopic (exact) mass is 400 g/mol. The summed E-state index contributed by atoms with van der Waals surface area (Å²) in [6.45, 7) is 0. The molecule has 0 radical (unpaired) electrons. The van der Waals surface area contributed by atoms with Crippen LogP contribution in [0.3, 0.4) is 0 Å². The van der Waals surface area contributed by atoms with Gasteiger partial charge in [-0.2, -0.15) is 0 Å². The van der Waals surface area contributed by atoms with Crippen LogP contribution in [0.4, 0.5) is 0 Å². The van der Waals surface area contributed by atoms with Gasteiger partial charge in [-0.25, -0.2) is 4.79 Å². The van der Waals surface area contributed by atoms with E-state index < -0.39 is 11.4 Å². The summed E-state index contributed by atoms with van der Waals surface area (Å²) in [5, 5.41) is 1.07. The minimum atomic E-state index is -0.816. The van der Waals surface area contributed by atoms with Crippen LogP contribution in [0.15, 0.2) is 74.5 Å². The van der Waals surface area contributed by atoms with E-state index in [1.54, 1.807) is 42.5 Å². The minimum absolute atomic E-state index is 0.0392. The largest absolute Gasteiger partial charge is 0.457 e. The smallest absolute Gasteiger partial charge is 0.379 e. The van der Waals surface area contributed by atoms with Crippen molar-refractivity contribution in [1.82, 2.24) is 0 Å². The number of furan rings is 1. The Bertz CT molecular complexity index is 1190. The molecule has 0 aliphatic rings. The number of carbonyl (C=O) groups is 1. The molecule has 2 aromatic heterocycles. The molecule has 4 aromatic rings. The summed E-state index contributed by atoms with van der Waals surface area (Å²) in [5.41, 5.74) is 0.311. The number of hydrogen-bond donors (Lipinski definition) is 0. The van der Waals surface area contributed by atoms with Crippen LogP contribution in [0.25, 0.3) is 22.3 Å². The van der Waals surface area contributed by atoms with Crippen LogP contribution in [0.5, 0.6) is 5.75 Å². The zero-order chi connectivity index (χ0) is 19.0. The fourth-order valence-electron chi connectivity index (χ4n) is 2.57. The van der Waals surface area contributed by atoms with Crippen molar-refractivity contribution < 1.29 is 18.4 Å². The first-order chi connectivity index (χ1) is 13.0. The second kappa shape index (κ2) is 6.95. The molecule has 0 fully saturated rings. The molecular weight excluding hydrogens is 391 g/mol. The van der Waals surface area contributed by atoms with Crippen LogP contribution in [0.1, 0.15) is 10.6 Å². The predicted molar refractivity (Wildman–Crippen MR) is 102 cm³/mol. The molecule has 5 nitrogen and oxygen atoms in total. The average Bonchev–Trinajstić information content (AvgIpc) is 3.20. The maximum atomic E-state index is 13.0. The molecule has 0 spiro atoms. The second-order valence-corrected chi connectivity index (χ2v) is 6.48. The first kappa shape index (κ1) is 17.4. The highest BCUT2D eigenvalue weighted by molar-refractivity contribution is 6.31. The van der Waals surface area contributed by atoms with Crippen molar-refractivity contribution in [2.45, 2.75) is 0 Å². The van der Waals surface area contributed by atoms with Gasteiger partial charge in [-0.3, -0.25) is 4.79 Å². The third kappa shape index (κ3) is 3.35. The number of fused-ring (bicyclic) bond motifs is 1. The van der Waals surface area contributed by atoms with E-state index in [0.29, 0.717) is 21.2 Å². The number of halogens is 2. The van der Waals surface area contributed by atoms with Crippen LogP contribution in [-0.4, -0.2) is 5.97 Å². The predicted octanol–water partition coefficient (Wildman–Crippen LogP) is 5.58. The normalized spacial score (nSPS) is 10.9. The highest BCUT2D eigenvalue weighted by Crippen LogP contribution is 2.32. The van der Waals surface area contributed by atoms with E-state index in [4.69, 9.17) is 36.8 Å². The number of hydrogen-bond acceptors (Lipinski definition) is 5. The molecule has 0 aliphatic heterocycles. The van der Waals surface area contributed by atoms with Crippen molar-refractivity contribution in [1.29, 1.82) is 0 Å². The van der Waals surface area contributed by atoms with Crippen molar-refractivity contribution in [2.75, 3.05) is 0 Å². The van der Waals surface area contributed by atoms with Crippen molar-refractivity contribution in [3.05, 3.63) is 86.9 Å². The Labute approximate surface area is 162 Å². The molecule has 27 heavy (non-hydrogen) atoms. The lowest BCUT2D eigenvalue weighted by atomic mass is 10.1. The number of rotatable bonds is 3. The Morgan fingerprint density at radius 3 is 2.41 bits per heavy atom. The van der Waals surface area contributed by atoms with Crippen molar-refractivity contribution in [3.8, 4) is 17.1 Å². The highest BCUT2D eigenvalue weighted by Gasteiger charge is 2.22. The van der Waals surface area contributed by atoms with Gasteiger partial charge in [0.05, 0.1) is 11.6 Å². The molecule has 2 heterocycles. The van der Waals surface area contributed by atoms with Crippen LogP contribution in [-0.2, 0) is 0 Å². The lowest BCUT2D eigenvalue weighted by molar-refractivity contribution is 0.0698. The summed E-state index contributed by atoms with van der Waals surface area (Å²) >= 11 is 11.9. The average molecular weight is 401 g/mol. The van der Waals surface area contributed by atoms with E-state index in [1.807, 2.05) is 0 Å². The van der Waals surface area contributed by atoms with Crippen LogP contribution in [0, 0.1) is 0 Å². The number of ether oxygens (including phenoxy) is 1. The fourth-order valence-corrected chi connectivity index (χ4v) is 2.87. The number of esters is 1. The van der Waals surface area contributed by atoms with Gasteiger partial charge in [0.2, 0.25) is 16.9 Å². The molecule has 0 amide bonds. The topological polar surface area (TPSA) is 69.7 Å². The Hall–Kier alpha value is -3.02. The van der Waals surface area contributed by atoms with Gasteiger partial charge in [-0.15, -0.1) is 0 Å². The molecular formula is C20H10Cl2O5. The summed E-state index contributed by atoms with van der Waals surface area (Å²) in [6.07, 6.45) is 1.33. The second-order valence-electron chi connectivity index (χ2n) is 5.60. The lowest BCUT2D eigenvalue weighted by Gasteiger charge is -2.10. The van der Waals surface area contributed by atoms with E-state index in [9.17, 15) is 9.59 Å². The first-order valence-electron chi connectivity index (χ1n) is 7.81. The van der Waals surface area contributed by atoms with Gasteiger partial charge in [0, 0.05) is 15.6 Å². The Morgan fingerprint density at radius 2 is 1.70 bits per heavy atom. The minimum Gasteiger partial charge on any atom is -0.457 e. The van der Waals surface area contributed by atoms with Crippen LogP contribution < -0.4 is 10.2 Å². The molecule has 0 saturated carbocycles. The van der Waals surface area contributed by atoms with Gasteiger partial charge < -0.3 is 13.6 Å². The zero-order valence-electron chi connectivity index (χ0n) is 13.6. The van der Waals surface area contributed by atoms with Crippen molar-refractivity contribution in [2.24, 2.45) is 0 Å². The van der Waals surface area contributed by atoms with E-state index >= 15 is 0 Å². The zero-order valence-corrected chi connectivity index (χ0v) is 15.1. The van der Waals surface area contributed by atoms with Crippen LogP contribution in [0.2, 0.25) is 10.0 Å². The summed E-state index contributed by atoms with van der Waals surface area (Å²) < 4.78 is 16.2. The molecule has 0 atom stereocenters. The van der Waals surface area contributed by atoms with Crippen molar-refractivity contribution in [3.63, 3.8) is 0 Å². The molecule has 0 bridgehead atoms. The fraction of sp³-hybridized carbons (Fsp3) is 0. The molecule has 2 aromatic carbocycles. The molecule has 4 rings (SSSR count). The van der Waals surface area contributed by atoms with Gasteiger partial charge in [0.15, 0.2) is 5.76 Å². The van der Waals surface area contributed by atoms with E-state index in [0.717, 1.165) is 0 Å². The van der Waals surface area contributed by atoms with Gasteiger partial charge >= 0.3 is 5.97 Å². The standard InChI is InChI=1S/C20H10Cl2O5/c21-12-5-3-11(4-6-12)18-19(27-20(24)16-2-1-9-25-16)17(23)14-10-13(22)7-8-15(14)26-18/h1-10H. The number of carbonyl (C=O) groups excluding carboxylic acids is 1. The Balaban J connectivity index is 1.94. The van der Waals surface area contributed by atoms with Crippen molar-refractivity contribution >= 4 is 40.1 Å². The molecule has 7 heteroatoms. The SMILES string of the molecule is O=C(Oc1c(-c2ccc(Cl)cc2)oc2ccc(Cl)cc2c1=O)c1ccco1. The number of benzene rings is 2. The van der Waals surface area contributed by atoms with Gasteiger partial charge in [-0.1, -0.05) is 23.2 Å². The lowest BCUT2D eigenvalue weighted by Crippen LogP contribution is -2.15. The molecule has 0 unspecified atom stereocenters. The van der Waals surface area contributed by atoms with Gasteiger partial charge in [-0.05, 0) is 54.6 Å². The molecule has 0 aliphatic carbocycles. The van der Waals surface area contributed by atoms with Gasteiger partial charge in [0.1, 0.15) is 5.58 Å². The molecule has 134 valence electrons. The highest BCUT2D eigenvalue weighted by atomic mass is 35.5. The van der Waals surface area contributed by atoms with Crippen LogP contribution >= 0.6 is 23.2 Å². The van der Waals surface area contributed by atoms with Gasteiger partial charge in [0.25, 0.3) is 0 Å². The maximum Gasteiger partial charge on any atom is 0.379 e. The third-order valence-corrected chi connectivity index (χ3v) is 4.32. The first-order valence-corrected chi connectivity index (χ1v) is 8.56. The summed E-state index contributed by atoms with van der Waals surface area (Å²) in [7, 11) is 0. The van der Waals surface area contributed by atoms with E-state index in [-0.39, 0.29) is 22.7 Å². The summed E-state index contributed by atoms with van der Waals surface area (Å²) in [5.74, 6) is -1.01. The Morgan fingerprint density at radius 1 is 0.963 bits per heavy atom. The molecule has 0 saturated heterocycles. The summed E-state index contributed by atoms with van der Waals surface area (Å²) in [6, 6.07) is 14.2. The maximum absolute atomic E-state index is 13.0. The quantitative estimate of drug-likeness (QED) is 0.419. The third-order valence-electron chi connectivity index (χ3n) is 3.83. The van der Waals surface area contributed by atoms with E-state index in [2.05, 4.69) is 0 Å². The molecule has 0 N–H and O–H groups in total. The van der Waals surface area contributed by atoms with E-state index in [1.165, 1.54) is 18.4 Å². The summed E-state index contributed by atoms with van der Waals surface area (Å²) in [4.78, 5) is 25.3. The Kier molecular flexibility index (Phi) is 4.48.